The van der Waals surface area contributed by atoms with Gasteiger partial charge in [-0.05, 0) is 13.3 Å². The van der Waals surface area contributed by atoms with E-state index in [9.17, 15) is 0 Å². The van der Waals surface area contributed by atoms with Gasteiger partial charge in [-0.1, -0.05) is 13.5 Å². The molecule has 3 heteroatoms. The molecule has 0 amide bonds. The zero-order chi connectivity index (χ0) is 8.69. The second-order valence-electron chi connectivity index (χ2n) is 2.30. The van der Waals surface area contributed by atoms with Gasteiger partial charge in [-0.15, -0.1) is 0 Å². The molecule has 0 saturated carbocycles. The van der Waals surface area contributed by atoms with E-state index in [0.29, 0.717) is 6.54 Å². The van der Waals surface area contributed by atoms with E-state index >= 15 is 0 Å². The van der Waals surface area contributed by atoms with Gasteiger partial charge in [0, 0.05) is 11.4 Å². The Balaban J connectivity index is 3.61. The molecule has 0 aromatic rings. The van der Waals surface area contributed by atoms with E-state index in [-0.39, 0.29) is 0 Å². The molecule has 0 saturated heterocycles. The van der Waals surface area contributed by atoms with Crippen molar-refractivity contribution in [3.63, 3.8) is 0 Å². The molecule has 0 aliphatic heterocycles. The number of nitrogens with one attached hydrogen (secondary N) is 2. The summed E-state index contributed by atoms with van der Waals surface area (Å²) >= 11 is 0. The summed E-state index contributed by atoms with van der Waals surface area (Å²) < 4.78 is 0. The van der Waals surface area contributed by atoms with Crippen LogP contribution in [0.3, 0.4) is 0 Å². The van der Waals surface area contributed by atoms with Crippen molar-refractivity contribution in [1.29, 1.82) is 5.41 Å². The molecule has 0 unspecified atom stereocenters. The van der Waals surface area contributed by atoms with E-state index in [1.54, 1.807) is 0 Å². The zero-order valence-electron chi connectivity index (χ0n) is 7.15. The number of nitrogens with zero attached hydrogens (tertiary/aromatic N) is 1. The fraction of sp³-hybridized carbons (Fsp3) is 0.500. The highest BCUT2D eigenvalue weighted by Crippen LogP contribution is 1.88. The normalized spacial score (nSPS) is 10.9. The van der Waals surface area contributed by atoms with Gasteiger partial charge in [-0.25, -0.2) is 4.99 Å². The maximum Gasteiger partial charge on any atom is 0.106 e. The largest absolute Gasteiger partial charge is 0.384 e. The Kier molecular flexibility index (Phi) is 5.07. The molecule has 0 radical (unpaired) electrons. The summed E-state index contributed by atoms with van der Waals surface area (Å²) in [5.74, 6) is 0. The number of aliphatic imine (C=N–C) groups is 1. The topological polar surface area (TPSA) is 48.2 Å². The summed E-state index contributed by atoms with van der Waals surface area (Å²) in [4.78, 5) is 3.79. The molecule has 0 aliphatic carbocycles. The Morgan fingerprint density at radius 2 is 2.36 bits per heavy atom. The lowest BCUT2D eigenvalue weighted by Gasteiger charge is -2.05. The predicted molar refractivity (Wildman–Crippen MR) is 49.3 cm³/mol. The molecule has 0 atom stereocenters. The van der Waals surface area contributed by atoms with Gasteiger partial charge in [-0.2, -0.15) is 0 Å². The second kappa shape index (κ2) is 5.65. The maximum absolute atomic E-state index is 6.70. The fourth-order valence-corrected chi connectivity index (χ4v) is 0.534. The van der Waals surface area contributed by atoms with E-state index in [4.69, 9.17) is 5.41 Å². The first kappa shape index (κ1) is 9.88. The van der Waals surface area contributed by atoms with Crippen LogP contribution < -0.4 is 5.32 Å². The smallest absolute Gasteiger partial charge is 0.106 e. The van der Waals surface area contributed by atoms with Gasteiger partial charge < -0.3 is 5.32 Å². The van der Waals surface area contributed by atoms with Crippen LogP contribution >= 0.6 is 0 Å². The Bertz CT molecular complexity index is 170. The lowest BCUT2D eigenvalue weighted by Crippen LogP contribution is -2.19. The van der Waals surface area contributed by atoms with Crippen LogP contribution in [-0.4, -0.2) is 18.6 Å². The average Bonchev–Trinajstić information content (AvgIpc) is 2.01. The van der Waals surface area contributed by atoms with Gasteiger partial charge in [0.15, 0.2) is 0 Å². The summed E-state index contributed by atoms with van der Waals surface area (Å²) in [6.45, 7) is 8.38. The summed E-state index contributed by atoms with van der Waals surface area (Å²) in [5.41, 5.74) is 1.90. The molecule has 0 fully saturated rings. The third kappa shape index (κ3) is 5.33. The first-order chi connectivity index (χ1) is 5.20. The van der Waals surface area contributed by atoms with Crippen molar-refractivity contribution in [3.8, 4) is 0 Å². The predicted octanol–water partition coefficient (Wildman–Crippen LogP) is 1.57. The van der Waals surface area contributed by atoms with Crippen molar-refractivity contribution in [2.24, 2.45) is 4.99 Å². The first-order valence-electron chi connectivity index (χ1n) is 3.64. The lowest BCUT2D eigenvalue weighted by molar-refractivity contribution is 0.865. The molecule has 0 rings (SSSR count). The molecule has 0 bridgehead atoms. The zero-order valence-corrected chi connectivity index (χ0v) is 7.15. The van der Waals surface area contributed by atoms with Crippen LogP contribution in [0.4, 0.5) is 0 Å². The van der Waals surface area contributed by atoms with Crippen molar-refractivity contribution in [3.05, 3.63) is 12.3 Å². The van der Waals surface area contributed by atoms with Crippen LogP contribution in [0.15, 0.2) is 17.3 Å². The minimum atomic E-state index is 0.683. The van der Waals surface area contributed by atoms with Gasteiger partial charge in [-0.3, -0.25) is 5.41 Å². The number of rotatable bonds is 5. The Labute approximate surface area is 67.7 Å². The van der Waals surface area contributed by atoms with Crippen molar-refractivity contribution in [2.45, 2.75) is 20.3 Å². The monoisotopic (exact) mass is 153 g/mol. The summed E-state index contributed by atoms with van der Waals surface area (Å²) in [6.07, 6.45) is 1.98. The highest BCUT2D eigenvalue weighted by Gasteiger charge is 1.90. The molecule has 2 N–H and O–H groups in total. The van der Waals surface area contributed by atoms with E-state index in [2.05, 4.69) is 16.9 Å². The van der Waals surface area contributed by atoms with Gasteiger partial charge >= 0.3 is 0 Å². The second-order valence-corrected chi connectivity index (χ2v) is 2.30. The van der Waals surface area contributed by atoms with Crippen molar-refractivity contribution < 1.29 is 0 Å². The van der Waals surface area contributed by atoms with E-state index in [1.165, 1.54) is 0 Å². The minimum Gasteiger partial charge on any atom is -0.384 e. The molecular weight excluding hydrogens is 138 g/mol. The Morgan fingerprint density at radius 3 is 2.82 bits per heavy atom. The van der Waals surface area contributed by atoms with E-state index < -0.39 is 0 Å². The quantitative estimate of drug-likeness (QED) is 0.457. The maximum atomic E-state index is 6.70. The molecule has 0 aromatic heterocycles. The number of hydrogen-bond donors (Lipinski definition) is 2. The fourth-order valence-electron chi connectivity index (χ4n) is 0.534. The Morgan fingerprint density at radius 1 is 1.73 bits per heavy atom. The Hall–Kier alpha value is -1.12. The average molecular weight is 153 g/mol. The SMILES string of the molecule is C=C(CC)NC/C(C)=N/C=N. The highest BCUT2D eigenvalue weighted by molar-refractivity contribution is 5.89. The van der Waals surface area contributed by atoms with Gasteiger partial charge in [0.25, 0.3) is 0 Å². The third-order valence-electron chi connectivity index (χ3n) is 1.31. The van der Waals surface area contributed by atoms with Crippen LogP contribution in [-0.2, 0) is 0 Å². The van der Waals surface area contributed by atoms with Crippen LogP contribution in [0.2, 0.25) is 0 Å². The molecule has 0 aliphatic rings. The molecule has 11 heavy (non-hydrogen) atoms. The van der Waals surface area contributed by atoms with Crippen LogP contribution in [0, 0.1) is 5.41 Å². The molecule has 0 heterocycles. The van der Waals surface area contributed by atoms with Crippen LogP contribution in [0.25, 0.3) is 0 Å². The molecule has 3 nitrogen and oxygen atoms in total. The highest BCUT2D eigenvalue weighted by atomic mass is 14.9. The minimum absolute atomic E-state index is 0.683. The van der Waals surface area contributed by atoms with E-state index in [0.717, 1.165) is 24.2 Å². The lowest BCUT2D eigenvalue weighted by atomic mass is 10.3. The first-order valence-corrected chi connectivity index (χ1v) is 3.64. The number of allylic oxidation sites excluding steroid dienone is 1. The summed E-state index contributed by atoms with van der Waals surface area (Å²) in [7, 11) is 0. The van der Waals surface area contributed by atoms with Gasteiger partial charge in [0.05, 0.1) is 6.54 Å². The van der Waals surface area contributed by atoms with Gasteiger partial charge in [0.1, 0.15) is 6.34 Å². The van der Waals surface area contributed by atoms with Crippen LogP contribution in [0.5, 0.6) is 0 Å². The number of hydrogen-bond acceptors (Lipinski definition) is 2. The van der Waals surface area contributed by atoms with Crippen molar-refractivity contribution in [1.82, 2.24) is 5.32 Å². The van der Waals surface area contributed by atoms with Crippen LogP contribution in [0.1, 0.15) is 20.3 Å². The van der Waals surface area contributed by atoms with E-state index in [1.807, 2.05) is 13.8 Å². The van der Waals surface area contributed by atoms with Gasteiger partial charge in [0.2, 0.25) is 0 Å². The summed E-state index contributed by atoms with van der Waals surface area (Å²) in [6, 6.07) is 0. The summed E-state index contributed by atoms with van der Waals surface area (Å²) in [5, 5.41) is 9.79. The molecule has 0 aromatic carbocycles. The molecular formula is C8H15N3. The van der Waals surface area contributed by atoms with Crippen molar-refractivity contribution >= 4 is 12.1 Å². The molecule has 0 spiro atoms. The van der Waals surface area contributed by atoms with Crippen molar-refractivity contribution in [2.75, 3.05) is 6.54 Å². The standard InChI is InChI=1S/C8H15N3/c1-4-7(2)10-5-8(3)11-6-9/h6,9-10H,2,4-5H2,1,3H3/b9-6?,11-8+. The third-order valence-corrected chi connectivity index (χ3v) is 1.31. The molecule has 62 valence electrons.